The van der Waals surface area contributed by atoms with Crippen LogP contribution >= 0.6 is 34.5 Å². The first-order chi connectivity index (χ1) is 10.2. The summed E-state index contributed by atoms with van der Waals surface area (Å²) in [5.74, 6) is -0.0683. The molecule has 0 N–H and O–H groups in total. The van der Waals surface area contributed by atoms with Gasteiger partial charge in [-0.15, -0.1) is 11.3 Å². The first-order valence-electron chi connectivity index (χ1n) is 6.54. The monoisotopic (exact) mass is 341 g/mol. The Morgan fingerprint density at radius 3 is 2.62 bits per heavy atom. The van der Waals surface area contributed by atoms with E-state index in [4.69, 9.17) is 23.2 Å². The van der Waals surface area contributed by atoms with Gasteiger partial charge in [0.05, 0.1) is 15.6 Å². The highest BCUT2D eigenvalue weighted by atomic mass is 35.5. The second-order valence-electron chi connectivity index (χ2n) is 4.70. The largest absolute Gasteiger partial charge is 0.345 e. The van der Waals surface area contributed by atoms with Gasteiger partial charge in [-0.05, 0) is 12.1 Å². The molecule has 21 heavy (non-hydrogen) atoms. The number of piperazine rings is 1. The zero-order chi connectivity index (χ0) is 14.8. The van der Waals surface area contributed by atoms with Crippen molar-refractivity contribution in [1.82, 2.24) is 9.88 Å². The number of carbonyl (C=O) groups excluding carboxylic acids is 1. The summed E-state index contributed by atoms with van der Waals surface area (Å²) in [5, 5.41) is 3.69. The van der Waals surface area contributed by atoms with Crippen molar-refractivity contribution in [1.29, 1.82) is 0 Å². The molecule has 1 aliphatic heterocycles. The van der Waals surface area contributed by atoms with Gasteiger partial charge in [-0.1, -0.05) is 29.3 Å². The molecule has 0 aliphatic carbocycles. The van der Waals surface area contributed by atoms with Crippen LogP contribution in [0.25, 0.3) is 0 Å². The van der Waals surface area contributed by atoms with E-state index in [0.29, 0.717) is 28.7 Å². The molecule has 2 aromatic rings. The van der Waals surface area contributed by atoms with Crippen molar-refractivity contribution in [2.45, 2.75) is 0 Å². The van der Waals surface area contributed by atoms with Crippen LogP contribution in [0, 0.1) is 0 Å². The minimum absolute atomic E-state index is 0.0683. The lowest BCUT2D eigenvalue weighted by Crippen LogP contribution is -2.48. The van der Waals surface area contributed by atoms with Crippen molar-refractivity contribution >= 4 is 45.6 Å². The maximum atomic E-state index is 12.5. The van der Waals surface area contributed by atoms with E-state index in [-0.39, 0.29) is 5.91 Å². The van der Waals surface area contributed by atoms with Crippen LogP contribution in [0.5, 0.6) is 0 Å². The lowest BCUT2D eigenvalue weighted by atomic mass is 10.2. The summed E-state index contributed by atoms with van der Waals surface area (Å²) in [4.78, 5) is 20.8. The molecule has 1 aromatic carbocycles. The summed E-state index contributed by atoms with van der Waals surface area (Å²) in [6, 6.07) is 5.14. The number of carbonyl (C=O) groups is 1. The number of hydrogen-bond donors (Lipinski definition) is 0. The lowest BCUT2D eigenvalue weighted by molar-refractivity contribution is 0.0747. The second-order valence-corrected chi connectivity index (χ2v) is 6.35. The van der Waals surface area contributed by atoms with Gasteiger partial charge < -0.3 is 9.80 Å². The molecule has 1 fully saturated rings. The Kier molecular flexibility index (Phi) is 4.33. The first-order valence-corrected chi connectivity index (χ1v) is 8.18. The number of halogens is 2. The second kappa shape index (κ2) is 6.22. The Morgan fingerprint density at radius 1 is 1.19 bits per heavy atom. The fourth-order valence-electron chi connectivity index (χ4n) is 2.31. The minimum atomic E-state index is -0.0683. The van der Waals surface area contributed by atoms with Crippen LogP contribution < -0.4 is 4.90 Å². The molecular formula is C14H13Cl2N3OS. The quantitative estimate of drug-likeness (QED) is 0.839. The SMILES string of the molecule is O=C(c1cccc(Cl)c1Cl)N1CCN(c2nccs2)CC1. The van der Waals surface area contributed by atoms with Gasteiger partial charge >= 0.3 is 0 Å². The highest BCUT2D eigenvalue weighted by Crippen LogP contribution is 2.27. The number of benzene rings is 1. The summed E-state index contributed by atoms with van der Waals surface area (Å²) < 4.78 is 0. The normalized spacial score (nSPS) is 15.3. The lowest BCUT2D eigenvalue weighted by Gasteiger charge is -2.34. The number of hydrogen-bond acceptors (Lipinski definition) is 4. The summed E-state index contributed by atoms with van der Waals surface area (Å²) in [6.45, 7) is 2.86. The molecule has 1 aliphatic rings. The molecule has 0 spiro atoms. The smallest absolute Gasteiger partial charge is 0.255 e. The van der Waals surface area contributed by atoms with Gasteiger partial charge in [-0.2, -0.15) is 0 Å². The van der Waals surface area contributed by atoms with E-state index >= 15 is 0 Å². The Morgan fingerprint density at radius 2 is 1.95 bits per heavy atom. The van der Waals surface area contributed by atoms with Crippen LogP contribution in [0.4, 0.5) is 5.13 Å². The van der Waals surface area contributed by atoms with E-state index < -0.39 is 0 Å². The summed E-state index contributed by atoms with van der Waals surface area (Å²) in [6.07, 6.45) is 1.79. The molecule has 4 nitrogen and oxygen atoms in total. The third-order valence-corrected chi connectivity index (χ3v) is 5.09. The van der Waals surface area contributed by atoms with Gasteiger partial charge in [0.2, 0.25) is 0 Å². The zero-order valence-electron chi connectivity index (χ0n) is 11.1. The molecule has 0 saturated carbocycles. The van der Waals surface area contributed by atoms with E-state index in [1.54, 1.807) is 35.7 Å². The number of rotatable bonds is 2. The van der Waals surface area contributed by atoms with Gasteiger partial charge in [-0.25, -0.2) is 4.98 Å². The Bertz CT molecular complexity index is 640. The highest BCUT2D eigenvalue weighted by Gasteiger charge is 2.24. The summed E-state index contributed by atoms with van der Waals surface area (Å²) in [5.41, 5.74) is 0.465. The molecule has 2 heterocycles. The predicted octanol–water partition coefficient (Wildman–Crippen LogP) is 3.41. The fourth-order valence-corrected chi connectivity index (χ4v) is 3.39. The molecule has 0 unspecified atom stereocenters. The number of amides is 1. The molecule has 110 valence electrons. The maximum Gasteiger partial charge on any atom is 0.255 e. The Hall–Kier alpha value is -1.30. The zero-order valence-corrected chi connectivity index (χ0v) is 13.5. The van der Waals surface area contributed by atoms with Crippen molar-refractivity contribution in [2.24, 2.45) is 0 Å². The van der Waals surface area contributed by atoms with E-state index in [0.717, 1.165) is 18.2 Å². The number of aromatic nitrogens is 1. The third-order valence-electron chi connectivity index (χ3n) is 3.44. The van der Waals surface area contributed by atoms with Gasteiger partial charge in [0, 0.05) is 37.8 Å². The average molecular weight is 342 g/mol. The van der Waals surface area contributed by atoms with Gasteiger partial charge in [0.15, 0.2) is 5.13 Å². The molecule has 0 atom stereocenters. The standard InChI is InChI=1S/C14H13Cl2N3OS/c15-11-3-1-2-10(12(11)16)13(20)18-5-7-19(8-6-18)14-17-4-9-21-14/h1-4,9H,5-8H2. The predicted molar refractivity (Wildman–Crippen MR) is 86.7 cm³/mol. The molecule has 1 amide bonds. The van der Waals surface area contributed by atoms with Crippen molar-refractivity contribution in [3.05, 3.63) is 45.4 Å². The van der Waals surface area contributed by atoms with Crippen molar-refractivity contribution < 1.29 is 4.79 Å². The van der Waals surface area contributed by atoms with Crippen molar-refractivity contribution in [2.75, 3.05) is 31.1 Å². The molecule has 0 bridgehead atoms. The number of nitrogens with zero attached hydrogens (tertiary/aromatic N) is 3. The van der Waals surface area contributed by atoms with Gasteiger partial charge in [0.25, 0.3) is 5.91 Å². The van der Waals surface area contributed by atoms with Crippen LogP contribution in [0.15, 0.2) is 29.8 Å². The maximum absolute atomic E-state index is 12.5. The summed E-state index contributed by atoms with van der Waals surface area (Å²) >= 11 is 13.7. The highest BCUT2D eigenvalue weighted by molar-refractivity contribution is 7.13. The van der Waals surface area contributed by atoms with Crippen LogP contribution in [-0.4, -0.2) is 42.0 Å². The molecule has 7 heteroatoms. The topological polar surface area (TPSA) is 36.4 Å². The average Bonchev–Trinajstić information content (AvgIpc) is 3.04. The fraction of sp³-hybridized carbons (Fsp3) is 0.286. The molecule has 1 aromatic heterocycles. The number of anilines is 1. The van der Waals surface area contributed by atoms with Crippen LogP contribution in [0.3, 0.4) is 0 Å². The Balaban J connectivity index is 1.69. The first kappa shape index (κ1) is 14.6. The van der Waals surface area contributed by atoms with E-state index in [1.807, 2.05) is 10.3 Å². The van der Waals surface area contributed by atoms with Crippen LogP contribution in [0.2, 0.25) is 10.0 Å². The third kappa shape index (κ3) is 3.00. The molecule has 3 rings (SSSR count). The summed E-state index contributed by atoms with van der Waals surface area (Å²) in [7, 11) is 0. The molecular weight excluding hydrogens is 329 g/mol. The van der Waals surface area contributed by atoms with Crippen molar-refractivity contribution in [3.8, 4) is 0 Å². The number of thiazole rings is 1. The van der Waals surface area contributed by atoms with Gasteiger partial charge in [0.1, 0.15) is 0 Å². The van der Waals surface area contributed by atoms with Crippen molar-refractivity contribution in [3.63, 3.8) is 0 Å². The molecule has 0 radical (unpaired) electrons. The van der Waals surface area contributed by atoms with Crippen LogP contribution in [-0.2, 0) is 0 Å². The Labute approximate surface area is 136 Å². The minimum Gasteiger partial charge on any atom is -0.345 e. The van der Waals surface area contributed by atoms with Gasteiger partial charge in [-0.3, -0.25) is 4.79 Å². The molecule has 1 saturated heterocycles. The van der Waals surface area contributed by atoms with E-state index in [2.05, 4.69) is 9.88 Å². The van der Waals surface area contributed by atoms with E-state index in [1.165, 1.54) is 0 Å². The van der Waals surface area contributed by atoms with E-state index in [9.17, 15) is 4.79 Å². The van der Waals surface area contributed by atoms with Crippen LogP contribution in [0.1, 0.15) is 10.4 Å².